The van der Waals surface area contributed by atoms with Crippen LogP contribution in [0.15, 0.2) is 96.4 Å². The standard InChI is InChI=1S/C35H28FN3O3S/c1-35(18-27-23-10-3-5-12-25(23)31(35)26-13-6-4-11-24(26)27)33(41)39-34-38-29(19-43-34)20-8-7-9-21(16-20)32(40)37-22-14-15-30(42-2)28(36)17-22/h3-17,19,27,31H,18H2,1-2H3,(H,37,40)(H,38,39,41). The highest BCUT2D eigenvalue weighted by atomic mass is 32.1. The van der Waals surface area contributed by atoms with Crippen LogP contribution in [0.1, 0.15) is 57.8 Å². The summed E-state index contributed by atoms with van der Waals surface area (Å²) in [6, 6.07) is 28.2. The Morgan fingerprint density at radius 1 is 0.907 bits per heavy atom. The number of carbonyl (C=O) groups is 2. The average Bonchev–Trinajstić information content (AvgIpc) is 3.50. The fourth-order valence-electron chi connectivity index (χ4n) is 6.66. The Bertz CT molecular complexity index is 1860. The third-order valence-corrected chi connectivity index (χ3v) is 9.46. The smallest absolute Gasteiger partial charge is 0.255 e. The Morgan fingerprint density at radius 2 is 1.60 bits per heavy atom. The molecule has 0 fully saturated rings. The van der Waals surface area contributed by atoms with Gasteiger partial charge in [0.25, 0.3) is 5.91 Å². The predicted octanol–water partition coefficient (Wildman–Crippen LogP) is 7.84. The number of hydrogen-bond donors (Lipinski definition) is 2. The van der Waals surface area contributed by atoms with Gasteiger partial charge in [0.2, 0.25) is 5.91 Å². The summed E-state index contributed by atoms with van der Waals surface area (Å²) in [4.78, 5) is 31.6. The van der Waals surface area contributed by atoms with Gasteiger partial charge in [-0.3, -0.25) is 9.59 Å². The van der Waals surface area contributed by atoms with E-state index in [1.807, 2.05) is 11.4 Å². The van der Waals surface area contributed by atoms with E-state index in [-0.39, 0.29) is 29.4 Å². The van der Waals surface area contributed by atoms with Gasteiger partial charge in [-0.2, -0.15) is 0 Å². The van der Waals surface area contributed by atoms with Gasteiger partial charge in [0.05, 0.1) is 18.2 Å². The largest absolute Gasteiger partial charge is 0.494 e. The molecule has 8 heteroatoms. The molecule has 2 bridgehead atoms. The summed E-state index contributed by atoms with van der Waals surface area (Å²) >= 11 is 1.35. The zero-order valence-electron chi connectivity index (χ0n) is 23.6. The number of carbonyl (C=O) groups excluding carboxylic acids is 2. The predicted molar refractivity (Wildman–Crippen MR) is 166 cm³/mol. The molecule has 2 amide bonds. The first-order chi connectivity index (χ1) is 20.9. The topological polar surface area (TPSA) is 80.3 Å². The molecule has 1 heterocycles. The van der Waals surface area contributed by atoms with Crippen molar-refractivity contribution in [2.45, 2.75) is 25.2 Å². The van der Waals surface area contributed by atoms with Gasteiger partial charge in [0.15, 0.2) is 16.7 Å². The van der Waals surface area contributed by atoms with Crippen LogP contribution in [0.3, 0.4) is 0 Å². The van der Waals surface area contributed by atoms with Crippen molar-refractivity contribution in [3.63, 3.8) is 0 Å². The number of amides is 2. The fraction of sp³-hybridized carbons (Fsp3) is 0.171. The molecule has 3 aliphatic rings. The summed E-state index contributed by atoms with van der Waals surface area (Å²) in [5.41, 5.74) is 6.54. The number of aromatic nitrogens is 1. The number of fused-ring (bicyclic) bond motifs is 1. The number of methoxy groups -OCH3 is 1. The molecule has 2 N–H and O–H groups in total. The second kappa shape index (κ2) is 10.5. The molecule has 3 aliphatic carbocycles. The number of halogens is 1. The van der Waals surface area contributed by atoms with Gasteiger partial charge < -0.3 is 15.4 Å². The molecule has 5 aromatic rings. The summed E-state index contributed by atoms with van der Waals surface area (Å²) in [5.74, 6) is -0.759. The van der Waals surface area contributed by atoms with E-state index in [0.717, 1.165) is 12.0 Å². The Kier molecular flexibility index (Phi) is 6.58. The molecule has 0 saturated carbocycles. The quantitative estimate of drug-likeness (QED) is 0.212. The number of nitrogens with one attached hydrogen (secondary N) is 2. The molecular formula is C35H28FN3O3S. The maximum atomic E-state index is 14.1. The average molecular weight is 590 g/mol. The van der Waals surface area contributed by atoms with E-state index in [0.29, 0.717) is 22.1 Å². The van der Waals surface area contributed by atoms with Crippen molar-refractivity contribution in [1.82, 2.24) is 4.98 Å². The van der Waals surface area contributed by atoms with Crippen LogP contribution in [0.2, 0.25) is 0 Å². The number of hydrogen-bond acceptors (Lipinski definition) is 5. The molecule has 0 aliphatic heterocycles. The van der Waals surface area contributed by atoms with Gasteiger partial charge in [-0.25, -0.2) is 9.37 Å². The van der Waals surface area contributed by atoms with Crippen molar-refractivity contribution in [1.29, 1.82) is 0 Å². The maximum absolute atomic E-state index is 14.1. The zero-order chi connectivity index (χ0) is 29.7. The van der Waals surface area contributed by atoms with Crippen LogP contribution in [-0.2, 0) is 4.79 Å². The van der Waals surface area contributed by atoms with Crippen molar-refractivity contribution in [3.8, 4) is 17.0 Å². The highest BCUT2D eigenvalue weighted by molar-refractivity contribution is 7.14. The summed E-state index contributed by atoms with van der Waals surface area (Å²) < 4.78 is 19.0. The monoisotopic (exact) mass is 589 g/mol. The minimum absolute atomic E-state index is 0.0429. The number of benzene rings is 4. The van der Waals surface area contributed by atoms with Crippen LogP contribution >= 0.6 is 11.3 Å². The van der Waals surface area contributed by atoms with E-state index in [2.05, 4.69) is 66.1 Å². The lowest BCUT2D eigenvalue weighted by molar-refractivity contribution is -0.126. The van der Waals surface area contributed by atoms with Crippen LogP contribution in [0.5, 0.6) is 5.75 Å². The Morgan fingerprint density at radius 3 is 2.28 bits per heavy atom. The van der Waals surface area contributed by atoms with Crippen LogP contribution in [-0.4, -0.2) is 23.9 Å². The molecule has 1 aromatic heterocycles. The van der Waals surface area contributed by atoms with Crippen LogP contribution in [0, 0.1) is 11.2 Å². The molecule has 0 saturated heterocycles. The molecule has 1 atom stereocenters. The third kappa shape index (κ3) is 4.58. The molecule has 8 rings (SSSR count). The number of thiazole rings is 1. The fourth-order valence-corrected chi connectivity index (χ4v) is 7.37. The van der Waals surface area contributed by atoms with E-state index in [1.54, 1.807) is 24.3 Å². The lowest BCUT2D eigenvalue weighted by Gasteiger charge is -2.50. The molecule has 0 spiro atoms. The van der Waals surface area contributed by atoms with Crippen LogP contribution in [0.4, 0.5) is 15.2 Å². The van der Waals surface area contributed by atoms with Gasteiger partial charge in [-0.1, -0.05) is 60.7 Å². The van der Waals surface area contributed by atoms with Gasteiger partial charge in [0, 0.05) is 40.1 Å². The summed E-state index contributed by atoms with van der Waals surface area (Å²) in [5, 5.41) is 8.21. The zero-order valence-corrected chi connectivity index (χ0v) is 24.4. The third-order valence-electron chi connectivity index (χ3n) is 8.70. The van der Waals surface area contributed by atoms with Crippen molar-refractivity contribution in [2.75, 3.05) is 17.7 Å². The summed E-state index contributed by atoms with van der Waals surface area (Å²) in [6.45, 7) is 2.07. The van der Waals surface area contributed by atoms with Gasteiger partial charge >= 0.3 is 0 Å². The van der Waals surface area contributed by atoms with Gasteiger partial charge in [0.1, 0.15) is 0 Å². The first-order valence-electron chi connectivity index (χ1n) is 14.1. The van der Waals surface area contributed by atoms with E-state index >= 15 is 0 Å². The van der Waals surface area contributed by atoms with Crippen molar-refractivity contribution in [3.05, 3.63) is 130 Å². The second-order valence-corrected chi connectivity index (χ2v) is 12.1. The minimum Gasteiger partial charge on any atom is -0.494 e. The number of nitrogens with zero attached hydrogens (tertiary/aromatic N) is 1. The van der Waals surface area contributed by atoms with E-state index in [9.17, 15) is 14.0 Å². The lowest BCUT2D eigenvalue weighted by atomic mass is 9.52. The lowest BCUT2D eigenvalue weighted by Crippen LogP contribution is -2.47. The molecule has 1 unspecified atom stereocenters. The highest BCUT2D eigenvalue weighted by Crippen LogP contribution is 2.61. The minimum atomic E-state index is -0.641. The van der Waals surface area contributed by atoms with E-state index in [1.165, 1.54) is 52.8 Å². The Balaban J connectivity index is 1.11. The molecule has 6 nitrogen and oxygen atoms in total. The first kappa shape index (κ1) is 27.0. The highest BCUT2D eigenvalue weighted by Gasteiger charge is 2.54. The SMILES string of the molecule is COc1ccc(NC(=O)c2cccc(-c3csc(NC(=O)C4(C)CC5c6ccccc6C4c4ccccc45)n3)c2)cc1F. The number of anilines is 2. The van der Waals surface area contributed by atoms with Crippen molar-refractivity contribution >= 4 is 34.0 Å². The molecular weight excluding hydrogens is 561 g/mol. The van der Waals surface area contributed by atoms with Crippen LogP contribution in [0.25, 0.3) is 11.3 Å². The van der Waals surface area contributed by atoms with Crippen molar-refractivity contribution < 1.29 is 18.7 Å². The van der Waals surface area contributed by atoms with E-state index in [4.69, 9.17) is 9.72 Å². The molecule has 0 radical (unpaired) electrons. The number of rotatable bonds is 6. The summed E-state index contributed by atoms with van der Waals surface area (Å²) in [6.07, 6.45) is 0.727. The first-order valence-corrected chi connectivity index (χ1v) is 14.9. The van der Waals surface area contributed by atoms with Gasteiger partial charge in [-0.15, -0.1) is 11.3 Å². The van der Waals surface area contributed by atoms with Crippen LogP contribution < -0.4 is 15.4 Å². The maximum Gasteiger partial charge on any atom is 0.255 e. The normalized spacial score (nSPS) is 19.7. The van der Waals surface area contributed by atoms with E-state index < -0.39 is 11.2 Å². The van der Waals surface area contributed by atoms with Crippen molar-refractivity contribution in [2.24, 2.45) is 5.41 Å². The second-order valence-electron chi connectivity index (χ2n) is 11.2. The molecule has 214 valence electrons. The number of ether oxygens (including phenoxy) is 1. The Hall–Kier alpha value is -4.82. The van der Waals surface area contributed by atoms with Gasteiger partial charge in [-0.05, 0) is 59.9 Å². The Labute approximate surface area is 252 Å². The molecule has 43 heavy (non-hydrogen) atoms. The summed E-state index contributed by atoms with van der Waals surface area (Å²) in [7, 11) is 1.38. The molecule has 4 aromatic carbocycles.